The van der Waals surface area contributed by atoms with Gasteiger partial charge < -0.3 is 5.32 Å². The van der Waals surface area contributed by atoms with Crippen LogP contribution in [0, 0.1) is 6.92 Å². The number of nitrogens with one attached hydrogen (secondary N) is 1. The van der Waals surface area contributed by atoms with E-state index in [4.69, 9.17) is 46.4 Å². The van der Waals surface area contributed by atoms with Crippen molar-refractivity contribution in [2.24, 2.45) is 0 Å². The average molecular weight is 349 g/mol. The quantitative estimate of drug-likeness (QED) is 0.671. The molecule has 0 saturated carbocycles. The molecule has 5 heteroatoms. The molecular formula is C15H13Cl4N. The molecule has 0 aliphatic carbocycles. The Balaban J connectivity index is 2.63. The number of aryl methyl sites for hydroxylation is 1. The van der Waals surface area contributed by atoms with Crippen molar-refractivity contribution in [1.29, 1.82) is 0 Å². The zero-order valence-electron chi connectivity index (χ0n) is 11.0. The van der Waals surface area contributed by atoms with Gasteiger partial charge >= 0.3 is 0 Å². The number of rotatable bonds is 3. The lowest BCUT2D eigenvalue weighted by atomic mass is 9.98. The molecule has 2 aromatic carbocycles. The van der Waals surface area contributed by atoms with Gasteiger partial charge in [0.05, 0.1) is 20.1 Å². The summed E-state index contributed by atoms with van der Waals surface area (Å²) < 4.78 is 0. The number of hydrogen-bond donors (Lipinski definition) is 1. The molecule has 20 heavy (non-hydrogen) atoms. The van der Waals surface area contributed by atoms with E-state index < -0.39 is 0 Å². The molecule has 0 fully saturated rings. The van der Waals surface area contributed by atoms with Gasteiger partial charge in [0.25, 0.3) is 0 Å². The Kier molecular flexibility index (Phi) is 5.22. The van der Waals surface area contributed by atoms with Gasteiger partial charge in [-0.25, -0.2) is 0 Å². The zero-order valence-corrected chi connectivity index (χ0v) is 14.1. The van der Waals surface area contributed by atoms with Crippen LogP contribution < -0.4 is 5.32 Å². The monoisotopic (exact) mass is 347 g/mol. The molecular weight excluding hydrogens is 336 g/mol. The van der Waals surface area contributed by atoms with E-state index in [9.17, 15) is 0 Å². The predicted octanol–water partition coefficient (Wildman–Crippen LogP) is 6.00. The molecule has 0 atom stereocenters. The number of hydrogen-bond acceptors (Lipinski definition) is 1. The number of benzene rings is 2. The predicted molar refractivity (Wildman–Crippen MR) is 89.4 cm³/mol. The van der Waals surface area contributed by atoms with E-state index in [0.717, 1.165) is 17.7 Å². The van der Waals surface area contributed by atoms with Crippen molar-refractivity contribution in [2.45, 2.75) is 13.5 Å². The van der Waals surface area contributed by atoms with Crippen LogP contribution in [0.2, 0.25) is 20.1 Å². The lowest BCUT2D eigenvalue weighted by Crippen LogP contribution is -2.05. The van der Waals surface area contributed by atoms with Crippen LogP contribution in [0.5, 0.6) is 0 Å². The molecule has 0 saturated heterocycles. The van der Waals surface area contributed by atoms with Crippen molar-refractivity contribution in [2.75, 3.05) is 7.05 Å². The van der Waals surface area contributed by atoms with E-state index in [1.54, 1.807) is 6.07 Å². The molecule has 2 rings (SSSR count). The van der Waals surface area contributed by atoms with Crippen LogP contribution in [0.4, 0.5) is 0 Å². The molecule has 0 aromatic heterocycles. The highest BCUT2D eigenvalue weighted by atomic mass is 35.5. The molecule has 0 aliphatic heterocycles. The van der Waals surface area contributed by atoms with Crippen LogP contribution >= 0.6 is 46.4 Å². The Labute approximate surface area is 138 Å². The minimum Gasteiger partial charge on any atom is -0.316 e. The molecule has 0 bridgehead atoms. The van der Waals surface area contributed by atoms with Gasteiger partial charge in [0.2, 0.25) is 0 Å². The summed E-state index contributed by atoms with van der Waals surface area (Å²) in [5.41, 5.74) is 3.87. The fraction of sp³-hybridized carbons (Fsp3) is 0.200. The second-order valence-electron chi connectivity index (χ2n) is 4.52. The first-order valence-corrected chi connectivity index (χ1v) is 7.54. The lowest BCUT2D eigenvalue weighted by Gasteiger charge is -2.14. The van der Waals surface area contributed by atoms with Gasteiger partial charge in [-0.2, -0.15) is 0 Å². The molecule has 0 unspecified atom stereocenters. The topological polar surface area (TPSA) is 12.0 Å². The molecule has 106 valence electrons. The molecule has 2 aromatic rings. The largest absolute Gasteiger partial charge is 0.316 e. The third-order valence-corrected chi connectivity index (χ3v) is 4.63. The Morgan fingerprint density at radius 2 is 1.55 bits per heavy atom. The maximum absolute atomic E-state index is 6.29. The highest BCUT2D eigenvalue weighted by Crippen LogP contribution is 2.44. The first-order chi connectivity index (χ1) is 9.45. The van der Waals surface area contributed by atoms with E-state index in [0.29, 0.717) is 25.7 Å². The second kappa shape index (κ2) is 6.55. The highest BCUT2D eigenvalue weighted by molar-refractivity contribution is 6.50. The van der Waals surface area contributed by atoms with E-state index in [2.05, 4.69) is 11.4 Å². The van der Waals surface area contributed by atoms with Crippen LogP contribution in [0.3, 0.4) is 0 Å². The minimum atomic E-state index is 0.398. The van der Waals surface area contributed by atoms with Crippen molar-refractivity contribution in [3.8, 4) is 11.1 Å². The SMILES string of the molecule is CNCc1ccc(-c2c(Cl)c(Cl)cc(Cl)c2Cl)c(C)c1. The zero-order chi connectivity index (χ0) is 14.9. The summed E-state index contributed by atoms with van der Waals surface area (Å²) in [5.74, 6) is 0. The molecule has 1 nitrogen and oxygen atoms in total. The van der Waals surface area contributed by atoms with Crippen molar-refractivity contribution < 1.29 is 0 Å². The average Bonchev–Trinajstić information content (AvgIpc) is 2.39. The van der Waals surface area contributed by atoms with Crippen LogP contribution in [-0.2, 0) is 6.54 Å². The van der Waals surface area contributed by atoms with Gasteiger partial charge in [-0.3, -0.25) is 0 Å². The summed E-state index contributed by atoms with van der Waals surface area (Å²) in [5, 5.41) is 4.76. The Bertz CT molecular complexity index is 627. The lowest BCUT2D eigenvalue weighted by molar-refractivity contribution is 0.817. The van der Waals surface area contributed by atoms with Gasteiger partial charge in [0, 0.05) is 12.1 Å². The third-order valence-electron chi connectivity index (χ3n) is 3.05. The van der Waals surface area contributed by atoms with Crippen molar-refractivity contribution in [3.05, 3.63) is 55.5 Å². The molecule has 0 spiro atoms. The van der Waals surface area contributed by atoms with Crippen molar-refractivity contribution in [3.63, 3.8) is 0 Å². The van der Waals surface area contributed by atoms with Crippen molar-refractivity contribution in [1.82, 2.24) is 5.32 Å². The Morgan fingerprint density at radius 3 is 2.05 bits per heavy atom. The molecule has 0 aliphatic rings. The smallest absolute Gasteiger partial charge is 0.0686 e. The van der Waals surface area contributed by atoms with E-state index >= 15 is 0 Å². The highest BCUT2D eigenvalue weighted by Gasteiger charge is 2.17. The molecule has 0 heterocycles. The van der Waals surface area contributed by atoms with Gasteiger partial charge in [-0.1, -0.05) is 64.6 Å². The normalized spacial score (nSPS) is 10.9. The summed E-state index contributed by atoms with van der Waals surface area (Å²) in [4.78, 5) is 0. The van der Waals surface area contributed by atoms with Gasteiger partial charge in [-0.05, 0) is 36.7 Å². The Hall–Kier alpha value is -0.440. The Morgan fingerprint density at radius 1 is 0.950 bits per heavy atom. The molecule has 0 radical (unpaired) electrons. The van der Waals surface area contributed by atoms with E-state index in [1.807, 2.05) is 26.1 Å². The van der Waals surface area contributed by atoms with Gasteiger partial charge in [0.1, 0.15) is 0 Å². The summed E-state index contributed by atoms with van der Waals surface area (Å²) in [6.45, 7) is 2.81. The standard InChI is InChI=1S/C15H13Cl4N/c1-8-5-9(7-20-2)3-4-10(8)13-14(18)11(16)6-12(17)15(13)19/h3-6,20H,7H2,1-2H3. The maximum Gasteiger partial charge on any atom is 0.0686 e. The summed E-state index contributed by atoms with van der Waals surface area (Å²) in [6.07, 6.45) is 0. The van der Waals surface area contributed by atoms with Crippen LogP contribution in [-0.4, -0.2) is 7.05 Å². The van der Waals surface area contributed by atoms with Gasteiger partial charge in [-0.15, -0.1) is 0 Å². The summed E-state index contributed by atoms with van der Waals surface area (Å²) in [6, 6.07) is 7.66. The first kappa shape index (κ1) is 15.9. The van der Waals surface area contributed by atoms with E-state index in [1.165, 1.54) is 5.56 Å². The number of halogens is 4. The molecule has 1 N–H and O–H groups in total. The first-order valence-electron chi connectivity index (χ1n) is 6.03. The molecule has 0 amide bonds. The van der Waals surface area contributed by atoms with E-state index in [-0.39, 0.29) is 0 Å². The fourth-order valence-electron chi connectivity index (χ4n) is 2.13. The van der Waals surface area contributed by atoms with Crippen LogP contribution in [0.15, 0.2) is 24.3 Å². The van der Waals surface area contributed by atoms with Crippen LogP contribution in [0.25, 0.3) is 11.1 Å². The third kappa shape index (κ3) is 3.08. The second-order valence-corrected chi connectivity index (χ2v) is 6.09. The summed E-state index contributed by atoms with van der Waals surface area (Å²) >= 11 is 24.8. The minimum absolute atomic E-state index is 0.398. The van der Waals surface area contributed by atoms with Gasteiger partial charge in [0.15, 0.2) is 0 Å². The summed E-state index contributed by atoms with van der Waals surface area (Å²) in [7, 11) is 1.91. The van der Waals surface area contributed by atoms with Crippen molar-refractivity contribution >= 4 is 46.4 Å². The van der Waals surface area contributed by atoms with Crippen LogP contribution in [0.1, 0.15) is 11.1 Å². The maximum atomic E-state index is 6.29. The fourth-order valence-corrected chi connectivity index (χ4v) is 3.14.